The van der Waals surface area contributed by atoms with Gasteiger partial charge in [0.05, 0.1) is 0 Å². The Hall–Kier alpha value is 0. The van der Waals surface area contributed by atoms with Crippen LogP contribution in [0.15, 0.2) is 0 Å². The first-order chi connectivity index (χ1) is 12.1. The highest BCUT2D eigenvalue weighted by Crippen LogP contribution is 2.53. The van der Waals surface area contributed by atoms with Crippen LogP contribution in [0, 0.1) is 16.7 Å². The second-order valence-electron chi connectivity index (χ2n) is 10.4. The number of hydrogen-bond acceptors (Lipinski definition) is 0. The molecule has 3 saturated carbocycles. The molecule has 0 nitrogen and oxygen atoms in total. The molecule has 0 amide bonds. The van der Waals surface area contributed by atoms with Crippen LogP contribution in [0.4, 0.5) is 0 Å². The second kappa shape index (κ2) is 11.0. The van der Waals surface area contributed by atoms with Crippen molar-refractivity contribution in [2.24, 2.45) is 16.7 Å². The zero-order chi connectivity index (χ0) is 18.0. The predicted molar refractivity (Wildman–Crippen MR) is 113 cm³/mol. The molecule has 0 saturated heterocycles. The molecule has 0 aromatic rings. The van der Waals surface area contributed by atoms with Gasteiger partial charge in [0.25, 0.3) is 0 Å². The van der Waals surface area contributed by atoms with E-state index in [0.29, 0.717) is 10.8 Å². The van der Waals surface area contributed by atoms with Gasteiger partial charge < -0.3 is 0 Å². The molecule has 0 spiro atoms. The van der Waals surface area contributed by atoms with Gasteiger partial charge in [-0.15, -0.1) is 0 Å². The first-order valence-electron chi connectivity index (χ1n) is 12.1. The molecule has 0 atom stereocenters. The summed E-state index contributed by atoms with van der Waals surface area (Å²) in [7, 11) is 0. The van der Waals surface area contributed by atoms with E-state index < -0.39 is 0 Å². The summed E-state index contributed by atoms with van der Waals surface area (Å²) in [5, 5.41) is 0. The number of rotatable bonds is 1. The standard InChI is InChI=1S/C25H48/c1-23(2)25-18-16-14-12-10-8-6-4-5-7-9-11-13-15-17-24(3,19-21-25)20-22-25/h23H,4-22H2,1-3H3. The fourth-order valence-corrected chi connectivity index (χ4v) is 5.69. The molecule has 0 unspecified atom stereocenters. The normalized spacial score (nSPS) is 35.0. The Morgan fingerprint density at radius 3 is 1.20 bits per heavy atom. The SMILES string of the molecule is CC(C)C12CCCCCCCCCCCCCCCC(C)(CC1)CC2. The van der Waals surface area contributed by atoms with Gasteiger partial charge in [-0.25, -0.2) is 0 Å². The van der Waals surface area contributed by atoms with Crippen LogP contribution in [0.2, 0.25) is 0 Å². The molecule has 0 aliphatic heterocycles. The minimum Gasteiger partial charge on any atom is -0.0622 e. The Morgan fingerprint density at radius 1 is 0.440 bits per heavy atom. The number of hydrogen-bond donors (Lipinski definition) is 0. The van der Waals surface area contributed by atoms with Crippen molar-refractivity contribution in [2.75, 3.05) is 0 Å². The average molecular weight is 349 g/mol. The number of fused-ring (bicyclic) bond motifs is 16. The monoisotopic (exact) mass is 348 g/mol. The van der Waals surface area contributed by atoms with Gasteiger partial charge >= 0.3 is 0 Å². The summed E-state index contributed by atoms with van der Waals surface area (Å²) in [6, 6.07) is 0. The quantitative estimate of drug-likeness (QED) is 0.443. The van der Waals surface area contributed by atoms with Crippen LogP contribution in [0.5, 0.6) is 0 Å². The Labute approximate surface area is 159 Å². The van der Waals surface area contributed by atoms with Crippen LogP contribution in [-0.4, -0.2) is 0 Å². The molecule has 0 aromatic carbocycles. The van der Waals surface area contributed by atoms with Crippen molar-refractivity contribution in [3.05, 3.63) is 0 Å². The zero-order valence-corrected chi connectivity index (χ0v) is 18.0. The lowest BCUT2D eigenvalue weighted by Crippen LogP contribution is -2.36. The summed E-state index contributed by atoms with van der Waals surface area (Å²) in [5.41, 5.74) is 1.35. The van der Waals surface area contributed by atoms with E-state index in [1.54, 1.807) is 0 Å². The van der Waals surface area contributed by atoms with Crippen molar-refractivity contribution in [2.45, 2.75) is 143 Å². The van der Waals surface area contributed by atoms with Crippen LogP contribution in [0.3, 0.4) is 0 Å². The minimum absolute atomic E-state index is 0.668. The zero-order valence-electron chi connectivity index (χ0n) is 18.0. The molecule has 3 aliphatic rings. The van der Waals surface area contributed by atoms with E-state index in [0.717, 1.165) is 5.92 Å². The van der Waals surface area contributed by atoms with E-state index in [2.05, 4.69) is 20.8 Å². The topological polar surface area (TPSA) is 0 Å². The Morgan fingerprint density at radius 2 is 0.800 bits per heavy atom. The van der Waals surface area contributed by atoms with E-state index in [-0.39, 0.29) is 0 Å². The van der Waals surface area contributed by atoms with Crippen molar-refractivity contribution in [1.29, 1.82) is 0 Å². The van der Waals surface area contributed by atoms with Crippen molar-refractivity contribution >= 4 is 0 Å². The van der Waals surface area contributed by atoms with E-state index in [4.69, 9.17) is 0 Å². The third-order valence-electron chi connectivity index (χ3n) is 8.13. The highest BCUT2D eigenvalue weighted by molar-refractivity contribution is 4.92. The van der Waals surface area contributed by atoms with E-state index >= 15 is 0 Å². The van der Waals surface area contributed by atoms with Crippen molar-refractivity contribution in [1.82, 2.24) is 0 Å². The van der Waals surface area contributed by atoms with Gasteiger partial charge in [0.15, 0.2) is 0 Å². The Balaban J connectivity index is 1.86. The fraction of sp³-hybridized carbons (Fsp3) is 1.00. The van der Waals surface area contributed by atoms with E-state index in [9.17, 15) is 0 Å². The smallest absolute Gasteiger partial charge is 0.0274 e. The van der Waals surface area contributed by atoms with Crippen LogP contribution in [0.1, 0.15) is 143 Å². The minimum atomic E-state index is 0.668. The fourth-order valence-electron chi connectivity index (χ4n) is 5.69. The van der Waals surface area contributed by atoms with Gasteiger partial charge in [0.2, 0.25) is 0 Å². The molecule has 25 heavy (non-hydrogen) atoms. The maximum absolute atomic E-state index is 2.61. The Kier molecular flexibility index (Phi) is 9.36. The van der Waals surface area contributed by atoms with Gasteiger partial charge in [-0.2, -0.15) is 0 Å². The molecule has 0 heteroatoms. The molecule has 2 bridgehead atoms. The van der Waals surface area contributed by atoms with Crippen LogP contribution in [0.25, 0.3) is 0 Å². The van der Waals surface area contributed by atoms with Gasteiger partial charge in [0.1, 0.15) is 0 Å². The summed E-state index contributed by atoms with van der Waals surface area (Å²) in [6.07, 6.45) is 28.5. The van der Waals surface area contributed by atoms with Crippen LogP contribution < -0.4 is 0 Å². The lowest BCUT2D eigenvalue weighted by Gasteiger charge is -2.48. The molecule has 0 aromatic heterocycles. The van der Waals surface area contributed by atoms with Crippen LogP contribution >= 0.6 is 0 Å². The highest BCUT2D eigenvalue weighted by atomic mass is 14.5. The van der Waals surface area contributed by atoms with E-state index in [1.807, 2.05) is 0 Å². The third kappa shape index (κ3) is 7.26. The average Bonchev–Trinajstić information content (AvgIpc) is 2.59. The molecule has 3 rings (SSSR count). The predicted octanol–water partition coefficient (Wildman–Crippen LogP) is 9.07. The Bertz CT molecular complexity index is 332. The summed E-state index contributed by atoms with van der Waals surface area (Å²) in [5.74, 6) is 0.881. The van der Waals surface area contributed by atoms with Gasteiger partial charge in [0, 0.05) is 0 Å². The first-order valence-corrected chi connectivity index (χ1v) is 12.1. The summed E-state index contributed by atoms with van der Waals surface area (Å²) >= 11 is 0. The van der Waals surface area contributed by atoms with Gasteiger partial charge in [-0.3, -0.25) is 0 Å². The summed E-state index contributed by atoms with van der Waals surface area (Å²) in [4.78, 5) is 0. The lowest BCUT2D eigenvalue weighted by atomic mass is 9.57. The van der Waals surface area contributed by atoms with Crippen molar-refractivity contribution in [3.8, 4) is 0 Å². The van der Waals surface area contributed by atoms with Gasteiger partial charge in [-0.1, -0.05) is 104 Å². The second-order valence-corrected chi connectivity index (χ2v) is 10.4. The van der Waals surface area contributed by atoms with E-state index in [1.165, 1.54) is 122 Å². The summed E-state index contributed by atoms with van der Waals surface area (Å²) in [6.45, 7) is 7.63. The molecule has 0 radical (unpaired) electrons. The molecule has 148 valence electrons. The van der Waals surface area contributed by atoms with Crippen molar-refractivity contribution in [3.63, 3.8) is 0 Å². The maximum Gasteiger partial charge on any atom is -0.0274 e. The lowest BCUT2D eigenvalue weighted by molar-refractivity contribution is 0.0332. The largest absolute Gasteiger partial charge is 0.0622 e. The van der Waals surface area contributed by atoms with Crippen molar-refractivity contribution < 1.29 is 0 Å². The maximum atomic E-state index is 2.61. The molecule has 3 fully saturated rings. The van der Waals surface area contributed by atoms with Crippen LogP contribution in [-0.2, 0) is 0 Å². The molecule has 0 N–H and O–H groups in total. The first kappa shape index (κ1) is 21.3. The molecule has 3 aliphatic carbocycles. The molecule has 0 heterocycles. The molecular weight excluding hydrogens is 300 g/mol. The third-order valence-corrected chi connectivity index (χ3v) is 8.13. The highest BCUT2D eigenvalue weighted by Gasteiger charge is 2.41. The molecular formula is C25H48. The summed E-state index contributed by atoms with van der Waals surface area (Å²) < 4.78 is 0. The van der Waals surface area contributed by atoms with Gasteiger partial charge in [-0.05, 0) is 55.3 Å².